The zero-order chi connectivity index (χ0) is 13.7. The van der Waals surface area contributed by atoms with Crippen molar-refractivity contribution in [2.24, 2.45) is 0 Å². The summed E-state index contributed by atoms with van der Waals surface area (Å²) in [6, 6.07) is 13.6. The molecule has 0 fully saturated rings. The van der Waals surface area contributed by atoms with Crippen molar-refractivity contribution in [3.63, 3.8) is 0 Å². The maximum atomic E-state index is 12.7. The fourth-order valence-electron chi connectivity index (χ4n) is 1.71. The zero-order valence-electron chi connectivity index (χ0n) is 10.2. The quantitative estimate of drug-likeness (QED) is 0.916. The smallest absolute Gasteiger partial charge is 0.252 e. The van der Waals surface area contributed by atoms with E-state index in [1.165, 1.54) is 12.1 Å². The number of hydrogen-bond donors (Lipinski definition) is 1. The molecule has 98 valence electrons. The van der Waals surface area contributed by atoms with Crippen LogP contribution < -0.4 is 5.32 Å². The van der Waals surface area contributed by atoms with Crippen LogP contribution in [0.3, 0.4) is 0 Å². The molecule has 2 aromatic rings. The monoisotopic (exact) mass is 321 g/mol. The van der Waals surface area contributed by atoms with Crippen molar-refractivity contribution in [1.82, 2.24) is 5.32 Å². The average Bonchev–Trinajstić information content (AvgIpc) is 2.41. The minimum absolute atomic E-state index is 0.116. The van der Waals surface area contributed by atoms with E-state index in [4.69, 9.17) is 0 Å². The van der Waals surface area contributed by atoms with Gasteiger partial charge in [-0.1, -0.05) is 24.3 Å². The van der Waals surface area contributed by atoms with Crippen molar-refractivity contribution in [2.45, 2.75) is 6.42 Å². The molecule has 2 rings (SSSR count). The van der Waals surface area contributed by atoms with E-state index < -0.39 is 0 Å². The van der Waals surface area contributed by atoms with Crippen LogP contribution in [0.15, 0.2) is 53.0 Å². The molecule has 0 aromatic heterocycles. The SMILES string of the molecule is O=C(NCCc1ccc(F)cc1)c1ccccc1Br. The highest BCUT2D eigenvalue weighted by molar-refractivity contribution is 9.10. The van der Waals surface area contributed by atoms with Gasteiger partial charge < -0.3 is 5.32 Å². The molecule has 0 unspecified atom stereocenters. The van der Waals surface area contributed by atoms with Gasteiger partial charge in [-0.15, -0.1) is 0 Å². The molecule has 0 spiro atoms. The van der Waals surface area contributed by atoms with Gasteiger partial charge in [0.15, 0.2) is 0 Å². The van der Waals surface area contributed by atoms with Crippen LogP contribution in [-0.4, -0.2) is 12.5 Å². The van der Waals surface area contributed by atoms with Gasteiger partial charge in [0.1, 0.15) is 5.82 Å². The summed E-state index contributed by atoms with van der Waals surface area (Å²) in [5.41, 5.74) is 1.61. The van der Waals surface area contributed by atoms with Gasteiger partial charge in [-0.25, -0.2) is 4.39 Å². The number of amides is 1. The van der Waals surface area contributed by atoms with Crippen molar-refractivity contribution in [2.75, 3.05) is 6.54 Å². The van der Waals surface area contributed by atoms with E-state index in [0.717, 1.165) is 10.0 Å². The van der Waals surface area contributed by atoms with Crippen LogP contribution in [0.25, 0.3) is 0 Å². The Morgan fingerprint density at radius 3 is 2.47 bits per heavy atom. The van der Waals surface area contributed by atoms with E-state index in [-0.39, 0.29) is 11.7 Å². The molecular formula is C15H13BrFNO. The number of carbonyl (C=O) groups is 1. The van der Waals surface area contributed by atoms with Gasteiger partial charge in [-0.2, -0.15) is 0 Å². The van der Waals surface area contributed by atoms with Crippen LogP contribution in [-0.2, 0) is 6.42 Å². The van der Waals surface area contributed by atoms with E-state index in [9.17, 15) is 9.18 Å². The zero-order valence-corrected chi connectivity index (χ0v) is 11.8. The normalized spacial score (nSPS) is 10.2. The van der Waals surface area contributed by atoms with Crippen molar-refractivity contribution < 1.29 is 9.18 Å². The van der Waals surface area contributed by atoms with E-state index in [2.05, 4.69) is 21.2 Å². The Labute approximate surface area is 119 Å². The molecule has 0 aliphatic rings. The molecule has 0 saturated carbocycles. The highest BCUT2D eigenvalue weighted by Crippen LogP contribution is 2.15. The van der Waals surface area contributed by atoms with Gasteiger partial charge in [-0.05, 0) is 52.2 Å². The number of halogens is 2. The fraction of sp³-hybridized carbons (Fsp3) is 0.133. The highest BCUT2D eigenvalue weighted by Gasteiger charge is 2.07. The van der Waals surface area contributed by atoms with E-state index in [1.54, 1.807) is 18.2 Å². The van der Waals surface area contributed by atoms with E-state index >= 15 is 0 Å². The lowest BCUT2D eigenvalue weighted by Crippen LogP contribution is -2.25. The molecule has 0 aliphatic heterocycles. The van der Waals surface area contributed by atoms with Crippen LogP contribution in [0, 0.1) is 5.82 Å². The second-order valence-electron chi connectivity index (χ2n) is 4.11. The number of rotatable bonds is 4. The maximum absolute atomic E-state index is 12.7. The summed E-state index contributed by atoms with van der Waals surface area (Å²) >= 11 is 3.34. The number of hydrogen-bond acceptors (Lipinski definition) is 1. The molecule has 2 nitrogen and oxygen atoms in total. The van der Waals surface area contributed by atoms with Crippen molar-refractivity contribution in [3.8, 4) is 0 Å². The fourth-order valence-corrected chi connectivity index (χ4v) is 2.18. The number of carbonyl (C=O) groups excluding carboxylic acids is 1. The summed E-state index contributed by atoms with van der Waals surface area (Å²) in [4.78, 5) is 11.9. The summed E-state index contributed by atoms with van der Waals surface area (Å²) in [6.07, 6.45) is 0.677. The minimum Gasteiger partial charge on any atom is -0.352 e. The Balaban J connectivity index is 1.88. The first kappa shape index (κ1) is 13.7. The lowest BCUT2D eigenvalue weighted by molar-refractivity contribution is 0.0953. The molecule has 1 N–H and O–H groups in total. The van der Waals surface area contributed by atoms with E-state index in [0.29, 0.717) is 18.5 Å². The molecule has 0 bridgehead atoms. The molecule has 0 heterocycles. The predicted molar refractivity (Wildman–Crippen MR) is 76.6 cm³/mol. The third-order valence-corrected chi connectivity index (χ3v) is 3.42. The Morgan fingerprint density at radius 1 is 1.11 bits per heavy atom. The van der Waals surface area contributed by atoms with Crippen molar-refractivity contribution in [1.29, 1.82) is 0 Å². The molecule has 4 heteroatoms. The molecule has 0 atom stereocenters. The topological polar surface area (TPSA) is 29.1 Å². The molecule has 19 heavy (non-hydrogen) atoms. The Kier molecular flexibility index (Phi) is 4.68. The maximum Gasteiger partial charge on any atom is 0.252 e. The average molecular weight is 322 g/mol. The minimum atomic E-state index is -0.249. The predicted octanol–water partition coefficient (Wildman–Crippen LogP) is 3.56. The van der Waals surface area contributed by atoms with Crippen LogP contribution in [0.4, 0.5) is 4.39 Å². The summed E-state index contributed by atoms with van der Waals surface area (Å²) < 4.78 is 13.5. The molecule has 2 aromatic carbocycles. The first-order valence-electron chi connectivity index (χ1n) is 5.94. The number of nitrogens with one attached hydrogen (secondary N) is 1. The molecule has 0 aliphatic carbocycles. The van der Waals surface area contributed by atoms with Gasteiger partial charge in [0.25, 0.3) is 5.91 Å². The Hall–Kier alpha value is -1.68. The Morgan fingerprint density at radius 2 is 1.79 bits per heavy atom. The Bertz CT molecular complexity index is 569. The molecule has 0 radical (unpaired) electrons. The summed E-state index contributed by atoms with van der Waals surface area (Å²) in [5, 5.41) is 2.84. The molecule has 1 amide bonds. The summed E-state index contributed by atoms with van der Waals surface area (Å²) in [7, 11) is 0. The molecule has 0 saturated heterocycles. The van der Waals surface area contributed by atoms with Gasteiger partial charge in [-0.3, -0.25) is 4.79 Å². The van der Waals surface area contributed by atoms with Crippen LogP contribution >= 0.6 is 15.9 Å². The summed E-state index contributed by atoms with van der Waals surface area (Å²) in [5.74, 6) is -0.365. The van der Waals surface area contributed by atoms with E-state index in [1.807, 2.05) is 18.2 Å². The van der Waals surface area contributed by atoms with Gasteiger partial charge in [0.2, 0.25) is 0 Å². The highest BCUT2D eigenvalue weighted by atomic mass is 79.9. The van der Waals surface area contributed by atoms with Gasteiger partial charge >= 0.3 is 0 Å². The third kappa shape index (κ3) is 3.89. The lowest BCUT2D eigenvalue weighted by Gasteiger charge is -2.06. The second kappa shape index (κ2) is 6.48. The standard InChI is InChI=1S/C15H13BrFNO/c16-14-4-2-1-3-13(14)15(19)18-10-9-11-5-7-12(17)8-6-11/h1-8H,9-10H2,(H,18,19). The summed E-state index contributed by atoms with van der Waals surface area (Å²) in [6.45, 7) is 0.520. The molecular weight excluding hydrogens is 309 g/mol. The van der Waals surface area contributed by atoms with Crippen molar-refractivity contribution >= 4 is 21.8 Å². The lowest BCUT2D eigenvalue weighted by atomic mass is 10.1. The van der Waals surface area contributed by atoms with Gasteiger partial charge in [0.05, 0.1) is 5.56 Å². The number of benzene rings is 2. The first-order valence-corrected chi connectivity index (χ1v) is 6.73. The van der Waals surface area contributed by atoms with Crippen LogP contribution in [0.2, 0.25) is 0 Å². The largest absolute Gasteiger partial charge is 0.352 e. The first-order chi connectivity index (χ1) is 9.16. The third-order valence-electron chi connectivity index (χ3n) is 2.73. The van der Waals surface area contributed by atoms with Gasteiger partial charge in [0, 0.05) is 11.0 Å². The second-order valence-corrected chi connectivity index (χ2v) is 4.97. The van der Waals surface area contributed by atoms with Crippen LogP contribution in [0.5, 0.6) is 0 Å². The van der Waals surface area contributed by atoms with Crippen molar-refractivity contribution in [3.05, 3.63) is 69.9 Å². The van der Waals surface area contributed by atoms with Crippen LogP contribution in [0.1, 0.15) is 15.9 Å².